The summed E-state index contributed by atoms with van der Waals surface area (Å²) in [5, 5.41) is 0.212. The Balaban J connectivity index is 1.81. The summed E-state index contributed by atoms with van der Waals surface area (Å²) in [6.07, 6.45) is 2.66. The SMILES string of the molecule is CCCc1ccc(CCc2ccc3c(F)c(OC(F)F)c(F)cc3c2)c(F)c1. The van der Waals surface area contributed by atoms with E-state index >= 15 is 0 Å². The van der Waals surface area contributed by atoms with Gasteiger partial charge in [-0.2, -0.15) is 8.78 Å². The molecule has 0 aromatic heterocycles. The van der Waals surface area contributed by atoms with E-state index in [-0.39, 0.29) is 16.6 Å². The Morgan fingerprint density at radius 1 is 0.821 bits per heavy atom. The molecule has 1 nitrogen and oxygen atoms in total. The van der Waals surface area contributed by atoms with Crippen LogP contribution in [-0.2, 0) is 19.3 Å². The van der Waals surface area contributed by atoms with Crippen LogP contribution in [0, 0.1) is 17.5 Å². The molecule has 0 atom stereocenters. The van der Waals surface area contributed by atoms with Gasteiger partial charge in [-0.25, -0.2) is 13.2 Å². The van der Waals surface area contributed by atoms with E-state index in [1.54, 1.807) is 18.2 Å². The summed E-state index contributed by atoms with van der Waals surface area (Å²) in [7, 11) is 0. The topological polar surface area (TPSA) is 9.23 Å². The zero-order valence-electron chi connectivity index (χ0n) is 15.2. The van der Waals surface area contributed by atoms with Crippen molar-refractivity contribution in [1.82, 2.24) is 0 Å². The van der Waals surface area contributed by atoms with Gasteiger partial charge < -0.3 is 4.74 Å². The fraction of sp³-hybridized carbons (Fsp3) is 0.273. The Morgan fingerprint density at radius 2 is 1.54 bits per heavy atom. The van der Waals surface area contributed by atoms with Crippen LogP contribution in [0.5, 0.6) is 5.75 Å². The van der Waals surface area contributed by atoms with Gasteiger partial charge in [0.25, 0.3) is 0 Å². The third kappa shape index (κ3) is 4.43. The van der Waals surface area contributed by atoms with Crippen LogP contribution in [-0.4, -0.2) is 6.61 Å². The third-order valence-electron chi connectivity index (χ3n) is 4.60. The van der Waals surface area contributed by atoms with Crippen LogP contribution >= 0.6 is 0 Å². The van der Waals surface area contributed by atoms with E-state index < -0.39 is 24.0 Å². The molecule has 0 radical (unpaired) electrons. The molecule has 3 aromatic carbocycles. The maximum atomic E-state index is 14.3. The molecule has 0 spiro atoms. The molecule has 0 heterocycles. The molecule has 0 aliphatic heterocycles. The minimum atomic E-state index is -3.32. The highest BCUT2D eigenvalue weighted by molar-refractivity contribution is 5.85. The summed E-state index contributed by atoms with van der Waals surface area (Å²) in [5.74, 6) is -3.72. The van der Waals surface area contributed by atoms with E-state index in [0.29, 0.717) is 18.4 Å². The minimum Gasteiger partial charge on any atom is -0.429 e. The maximum Gasteiger partial charge on any atom is 0.387 e. The largest absolute Gasteiger partial charge is 0.429 e. The number of fused-ring (bicyclic) bond motifs is 1. The molecule has 0 unspecified atom stereocenters. The summed E-state index contributed by atoms with van der Waals surface area (Å²) in [5.41, 5.74) is 2.27. The smallest absolute Gasteiger partial charge is 0.387 e. The summed E-state index contributed by atoms with van der Waals surface area (Å²) < 4.78 is 71.0. The van der Waals surface area contributed by atoms with Gasteiger partial charge in [0.15, 0.2) is 17.4 Å². The highest BCUT2D eigenvalue weighted by Crippen LogP contribution is 2.31. The van der Waals surface area contributed by atoms with Crippen molar-refractivity contribution >= 4 is 10.8 Å². The number of hydrogen-bond donors (Lipinski definition) is 0. The third-order valence-corrected chi connectivity index (χ3v) is 4.60. The van der Waals surface area contributed by atoms with Crippen LogP contribution in [0.3, 0.4) is 0 Å². The Bertz CT molecular complexity index is 984. The number of aryl methyl sites for hydroxylation is 3. The van der Waals surface area contributed by atoms with Crippen LogP contribution in [0.1, 0.15) is 30.0 Å². The number of rotatable bonds is 7. The average molecular weight is 394 g/mol. The first-order chi connectivity index (χ1) is 13.4. The van der Waals surface area contributed by atoms with Crippen molar-refractivity contribution in [2.75, 3.05) is 0 Å². The van der Waals surface area contributed by atoms with Gasteiger partial charge in [0.05, 0.1) is 0 Å². The van der Waals surface area contributed by atoms with Crippen molar-refractivity contribution in [2.45, 2.75) is 39.2 Å². The molecule has 28 heavy (non-hydrogen) atoms. The van der Waals surface area contributed by atoms with Gasteiger partial charge in [-0.05, 0) is 53.5 Å². The van der Waals surface area contributed by atoms with Crippen LogP contribution in [0.2, 0.25) is 0 Å². The van der Waals surface area contributed by atoms with E-state index in [2.05, 4.69) is 4.74 Å². The molecule has 3 aromatic rings. The fourth-order valence-electron chi connectivity index (χ4n) is 3.23. The van der Waals surface area contributed by atoms with E-state index in [4.69, 9.17) is 0 Å². The van der Waals surface area contributed by atoms with Crippen LogP contribution in [0.25, 0.3) is 10.8 Å². The lowest BCUT2D eigenvalue weighted by Crippen LogP contribution is -2.06. The number of halogens is 5. The quantitative estimate of drug-likeness (QED) is 0.411. The molecule has 0 aliphatic carbocycles. The summed E-state index contributed by atoms with van der Waals surface area (Å²) in [6.45, 7) is -1.29. The highest BCUT2D eigenvalue weighted by Gasteiger charge is 2.19. The lowest BCUT2D eigenvalue weighted by atomic mass is 9.99. The molecule has 148 valence electrons. The summed E-state index contributed by atoms with van der Waals surface area (Å²) in [6, 6.07) is 10.7. The molecular weight excluding hydrogens is 375 g/mol. The zero-order chi connectivity index (χ0) is 20.3. The first-order valence-corrected chi connectivity index (χ1v) is 9.01. The second kappa shape index (κ2) is 8.59. The Kier molecular flexibility index (Phi) is 6.17. The van der Waals surface area contributed by atoms with Gasteiger partial charge in [0.2, 0.25) is 0 Å². The minimum absolute atomic E-state index is 0.0177. The van der Waals surface area contributed by atoms with Crippen LogP contribution < -0.4 is 4.74 Å². The van der Waals surface area contributed by atoms with E-state index in [0.717, 1.165) is 30.0 Å². The van der Waals surface area contributed by atoms with Crippen molar-refractivity contribution in [3.8, 4) is 5.75 Å². The number of alkyl halides is 2. The molecule has 0 amide bonds. The van der Waals surface area contributed by atoms with Crippen LogP contribution in [0.4, 0.5) is 22.0 Å². The summed E-state index contributed by atoms with van der Waals surface area (Å²) in [4.78, 5) is 0. The van der Waals surface area contributed by atoms with Gasteiger partial charge in [0, 0.05) is 5.39 Å². The molecule has 0 aliphatic rings. The number of hydrogen-bond acceptors (Lipinski definition) is 1. The molecule has 0 bridgehead atoms. The van der Waals surface area contributed by atoms with Crippen molar-refractivity contribution in [3.63, 3.8) is 0 Å². The Morgan fingerprint density at radius 3 is 2.21 bits per heavy atom. The molecule has 0 saturated heterocycles. The second-order valence-corrected chi connectivity index (χ2v) is 6.61. The van der Waals surface area contributed by atoms with Gasteiger partial charge in [0.1, 0.15) is 5.82 Å². The normalized spacial score (nSPS) is 11.4. The molecule has 0 saturated carbocycles. The van der Waals surface area contributed by atoms with Crippen molar-refractivity contribution in [3.05, 3.63) is 76.6 Å². The predicted octanol–water partition coefficient (Wildman–Crippen LogP) is 6.60. The number of benzene rings is 3. The van der Waals surface area contributed by atoms with Gasteiger partial charge >= 0.3 is 6.61 Å². The number of ether oxygens (including phenoxy) is 1. The summed E-state index contributed by atoms with van der Waals surface area (Å²) >= 11 is 0. The zero-order valence-corrected chi connectivity index (χ0v) is 15.2. The lowest BCUT2D eigenvalue weighted by molar-refractivity contribution is -0.0544. The molecule has 3 rings (SSSR count). The Labute approximate surface area is 159 Å². The average Bonchev–Trinajstić information content (AvgIpc) is 2.64. The monoisotopic (exact) mass is 394 g/mol. The highest BCUT2D eigenvalue weighted by atomic mass is 19.3. The lowest BCUT2D eigenvalue weighted by Gasteiger charge is -2.11. The van der Waals surface area contributed by atoms with Crippen LogP contribution in [0.15, 0.2) is 42.5 Å². The fourth-order valence-corrected chi connectivity index (χ4v) is 3.23. The van der Waals surface area contributed by atoms with E-state index in [1.807, 2.05) is 13.0 Å². The van der Waals surface area contributed by atoms with Gasteiger partial charge in [-0.3, -0.25) is 0 Å². The second-order valence-electron chi connectivity index (χ2n) is 6.61. The van der Waals surface area contributed by atoms with E-state index in [9.17, 15) is 22.0 Å². The van der Waals surface area contributed by atoms with E-state index in [1.165, 1.54) is 12.1 Å². The Hall–Kier alpha value is -2.63. The molecule has 0 N–H and O–H groups in total. The van der Waals surface area contributed by atoms with Gasteiger partial charge in [-0.1, -0.05) is 43.7 Å². The molecule has 6 heteroatoms. The first-order valence-electron chi connectivity index (χ1n) is 9.01. The molecular formula is C22H19F5O. The van der Waals surface area contributed by atoms with Crippen molar-refractivity contribution < 1.29 is 26.7 Å². The molecule has 0 fully saturated rings. The van der Waals surface area contributed by atoms with Crippen molar-refractivity contribution in [1.29, 1.82) is 0 Å². The first kappa shape index (κ1) is 20.1. The predicted molar refractivity (Wildman–Crippen MR) is 98.3 cm³/mol. The van der Waals surface area contributed by atoms with Crippen molar-refractivity contribution in [2.24, 2.45) is 0 Å². The standard InChI is InChI=1S/C22H19F5O/c1-2-3-13-4-7-15(18(23)11-13)8-5-14-6-9-17-16(10-14)12-19(24)21(20(17)25)28-22(26)27/h4,6-7,9-12,22H,2-3,5,8H2,1H3. The van der Waals surface area contributed by atoms with Gasteiger partial charge in [-0.15, -0.1) is 0 Å². The maximum absolute atomic E-state index is 14.3.